The molecule has 0 saturated carbocycles. The van der Waals surface area contributed by atoms with Gasteiger partial charge in [-0.1, -0.05) is 23.2 Å². The number of nitrogens with one attached hydrogen (secondary N) is 3. The first-order valence-corrected chi connectivity index (χ1v) is 12.2. The second-order valence-corrected chi connectivity index (χ2v) is 8.83. The molecule has 3 rings (SSSR count). The zero-order valence-electron chi connectivity index (χ0n) is 17.4. The number of hydrogen-bond donors (Lipinski definition) is 4. The molecule has 0 saturated heterocycles. The molecule has 0 unspecified atom stereocenters. The number of H-pyrrole nitrogens is 1. The monoisotopic (exact) mass is 515 g/mol. The van der Waals surface area contributed by atoms with Crippen LogP contribution in [0.4, 0.5) is 5.69 Å². The van der Waals surface area contributed by atoms with E-state index in [2.05, 4.69) is 19.8 Å². The van der Waals surface area contributed by atoms with Crippen LogP contribution in [0.5, 0.6) is 11.5 Å². The summed E-state index contributed by atoms with van der Waals surface area (Å²) < 4.78 is 40.5. The molecule has 178 valence electrons. The van der Waals surface area contributed by atoms with Crippen molar-refractivity contribution in [2.45, 2.75) is 12.8 Å². The largest absolute Gasteiger partial charge is 0.494 e. The minimum absolute atomic E-state index is 0.0905. The smallest absolute Gasteiger partial charge is 0.446 e. The molecule has 33 heavy (non-hydrogen) atoms. The van der Waals surface area contributed by atoms with Crippen molar-refractivity contribution in [3.8, 4) is 11.5 Å². The maximum absolute atomic E-state index is 11.4. The lowest BCUT2D eigenvalue weighted by atomic mass is 10.2. The molecule has 0 radical (unpaired) electrons. The number of anilines is 1. The molecule has 0 fully saturated rings. The lowest BCUT2D eigenvalue weighted by Gasteiger charge is -2.12. The van der Waals surface area contributed by atoms with E-state index >= 15 is 0 Å². The molecule has 0 aliphatic heterocycles. The highest BCUT2D eigenvalue weighted by molar-refractivity contribution is 7.81. The van der Waals surface area contributed by atoms with Gasteiger partial charge in [0.25, 0.3) is 0 Å². The molecule has 4 N–H and O–H groups in total. The Morgan fingerprint density at radius 2 is 1.76 bits per heavy atom. The molecule has 1 aromatic heterocycles. The second kappa shape index (κ2) is 11.6. The van der Waals surface area contributed by atoms with E-state index in [0.717, 1.165) is 30.3 Å². The fourth-order valence-corrected chi connectivity index (χ4v) is 3.86. The second-order valence-electron chi connectivity index (χ2n) is 7.05. The van der Waals surface area contributed by atoms with Gasteiger partial charge in [-0.05, 0) is 55.1 Å². The summed E-state index contributed by atoms with van der Waals surface area (Å²) in [5.74, 6) is 0.456. The van der Waals surface area contributed by atoms with Crippen molar-refractivity contribution in [2.24, 2.45) is 0 Å². The Balaban J connectivity index is 1.31. The molecular formula is C21H23Cl2N3O6S. The first-order valence-electron chi connectivity index (χ1n) is 10.1. The van der Waals surface area contributed by atoms with Gasteiger partial charge in [0, 0.05) is 25.2 Å². The van der Waals surface area contributed by atoms with Crippen LogP contribution in [-0.2, 0) is 10.4 Å². The Hall–Kier alpha value is -2.50. The summed E-state index contributed by atoms with van der Waals surface area (Å²) >= 11 is 12.1. The van der Waals surface area contributed by atoms with Gasteiger partial charge < -0.3 is 24.5 Å². The average molecular weight is 516 g/mol. The Morgan fingerprint density at radius 1 is 0.970 bits per heavy atom. The molecule has 0 atom stereocenters. The van der Waals surface area contributed by atoms with E-state index in [-0.39, 0.29) is 21.4 Å². The number of benzene rings is 2. The Morgan fingerprint density at radius 3 is 2.55 bits per heavy atom. The quantitative estimate of drug-likeness (QED) is 0.211. The van der Waals surface area contributed by atoms with Crippen LogP contribution >= 0.6 is 23.2 Å². The normalized spacial score (nSPS) is 11.5. The summed E-state index contributed by atoms with van der Waals surface area (Å²) in [6, 6.07) is 11.7. The molecule has 0 spiro atoms. The molecule has 0 aliphatic carbocycles. The standard InChI is InChI=1S/C21H23Cl2N3O6S/c22-20-16(6-7-18(21(20)23)32-33(28,29)30)25-11-10-24-9-1-2-12-31-15-5-3-14-4-8-19(27)26-17(14)13-15/h3-8,13,24-25H,1-2,9-12H2,(H,26,27)(H,28,29,30). The van der Waals surface area contributed by atoms with E-state index in [1.165, 1.54) is 18.2 Å². The average Bonchev–Trinajstić information content (AvgIpc) is 2.76. The highest BCUT2D eigenvalue weighted by atomic mass is 35.5. The van der Waals surface area contributed by atoms with Gasteiger partial charge in [0.15, 0.2) is 5.75 Å². The van der Waals surface area contributed by atoms with Crippen LogP contribution in [0, 0.1) is 0 Å². The van der Waals surface area contributed by atoms with Crippen LogP contribution in [0.3, 0.4) is 0 Å². The summed E-state index contributed by atoms with van der Waals surface area (Å²) in [6.45, 7) is 2.58. The number of rotatable bonds is 12. The van der Waals surface area contributed by atoms with Crippen LogP contribution in [0.1, 0.15) is 12.8 Å². The van der Waals surface area contributed by atoms with Gasteiger partial charge in [-0.15, -0.1) is 0 Å². The number of ether oxygens (including phenoxy) is 1. The molecular weight excluding hydrogens is 493 g/mol. The highest BCUT2D eigenvalue weighted by Crippen LogP contribution is 2.37. The summed E-state index contributed by atoms with van der Waals surface area (Å²) in [6.07, 6.45) is 1.78. The number of halogens is 2. The van der Waals surface area contributed by atoms with Crippen molar-refractivity contribution in [2.75, 3.05) is 31.6 Å². The van der Waals surface area contributed by atoms with Gasteiger partial charge in [-0.25, -0.2) is 0 Å². The van der Waals surface area contributed by atoms with Crippen molar-refractivity contribution >= 4 is 50.2 Å². The van der Waals surface area contributed by atoms with Gasteiger partial charge >= 0.3 is 10.4 Å². The summed E-state index contributed by atoms with van der Waals surface area (Å²) in [5, 5.41) is 7.30. The molecule has 3 aromatic rings. The van der Waals surface area contributed by atoms with E-state index in [1.807, 2.05) is 18.2 Å². The third-order valence-electron chi connectivity index (χ3n) is 4.57. The predicted molar refractivity (Wildman–Crippen MR) is 129 cm³/mol. The minimum Gasteiger partial charge on any atom is -0.494 e. The summed E-state index contributed by atoms with van der Waals surface area (Å²) in [4.78, 5) is 14.2. The van der Waals surface area contributed by atoms with Crippen molar-refractivity contribution < 1.29 is 21.9 Å². The van der Waals surface area contributed by atoms with Gasteiger partial charge in [0.1, 0.15) is 10.8 Å². The first kappa shape index (κ1) is 25.1. The van der Waals surface area contributed by atoms with Gasteiger partial charge in [-0.2, -0.15) is 8.42 Å². The summed E-state index contributed by atoms with van der Waals surface area (Å²) in [7, 11) is -4.68. The number of fused-ring (bicyclic) bond motifs is 1. The lowest BCUT2D eigenvalue weighted by molar-refractivity contribution is 0.306. The molecule has 0 bridgehead atoms. The Bertz CT molecular complexity index is 1270. The molecule has 12 heteroatoms. The molecule has 2 aromatic carbocycles. The van der Waals surface area contributed by atoms with Crippen LogP contribution in [0.15, 0.2) is 47.3 Å². The number of aromatic amines is 1. The molecule has 0 amide bonds. The van der Waals surface area contributed by atoms with Crippen molar-refractivity contribution in [3.05, 3.63) is 62.9 Å². The van der Waals surface area contributed by atoms with E-state index in [0.29, 0.717) is 31.1 Å². The van der Waals surface area contributed by atoms with E-state index < -0.39 is 10.4 Å². The number of pyridine rings is 1. The third-order valence-corrected chi connectivity index (χ3v) is 5.83. The van der Waals surface area contributed by atoms with Crippen molar-refractivity contribution in [1.82, 2.24) is 10.3 Å². The fraction of sp³-hybridized carbons (Fsp3) is 0.286. The molecule has 9 nitrogen and oxygen atoms in total. The molecule has 0 aliphatic rings. The zero-order valence-corrected chi connectivity index (χ0v) is 19.8. The Labute approximate surface area is 201 Å². The first-order chi connectivity index (χ1) is 15.7. The maximum Gasteiger partial charge on any atom is 0.446 e. The SMILES string of the molecule is O=c1ccc2ccc(OCCCCNCCNc3ccc(OS(=O)(=O)O)c(Cl)c3Cl)cc2[nH]1. The van der Waals surface area contributed by atoms with Crippen molar-refractivity contribution in [1.29, 1.82) is 0 Å². The number of hydrogen-bond acceptors (Lipinski definition) is 7. The van der Waals surface area contributed by atoms with E-state index in [9.17, 15) is 13.2 Å². The molecule has 1 heterocycles. The number of unbranched alkanes of at least 4 members (excludes halogenated alkanes) is 1. The maximum atomic E-state index is 11.4. The van der Waals surface area contributed by atoms with Crippen LogP contribution in [-0.4, -0.2) is 44.2 Å². The minimum atomic E-state index is -4.68. The van der Waals surface area contributed by atoms with Gasteiger partial charge in [-0.3, -0.25) is 9.35 Å². The number of aromatic nitrogens is 1. The fourth-order valence-electron chi connectivity index (χ4n) is 3.02. The highest BCUT2D eigenvalue weighted by Gasteiger charge is 2.15. The van der Waals surface area contributed by atoms with Crippen LogP contribution < -0.4 is 25.1 Å². The lowest BCUT2D eigenvalue weighted by Crippen LogP contribution is -2.23. The van der Waals surface area contributed by atoms with Crippen LogP contribution in [0.25, 0.3) is 10.9 Å². The van der Waals surface area contributed by atoms with Crippen molar-refractivity contribution in [3.63, 3.8) is 0 Å². The van der Waals surface area contributed by atoms with Crippen LogP contribution in [0.2, 0.25) is 10.0 Å². The third kappa shape index (κ3) is 7.79. The predicted octanol–water partition coefficient (Wildman–Crippen LogP) is 3.88. The van der Waals surface area contributed by atoms with Gasteiger partial charge in [0.2, 0.25) is 5.56 Å². The van der Waals surface area contributed by atoms with E-state index in [1.54, 1.807) is 6.07 Å². The van der Waals surface area contributed by atoms with Gasteiger partial charge in [0.05, 0.1) is 22.8 Å². The Kier molecular flexibility index (Phi) is 8.81. The van der Waals surface area contributed by atoms with E-state index in [4.69, 9.17) is 32.5 Å². The topological polar surface area (TPSA) is 130 Å². The zero-order chi connectivity index (χ0) is 23.8. The summed E-state index contributed by atoms with van der Waals surface area (Å²) in [5.41, 5.74) is 1.11.